The fourth-order valence-electron chi connectivity index (χ4n) is 2.00. The number of aliphatic hydroxyl groups is 1. The topological polar surface area (TPSA) is 62.4 Å². The van der Waals surface area contributed by atoms with Crippen LogP contribution in [-0.4, -0.2) is 29.3 Å². The Bertz CT molecular complexity index is 333. The maximum Gasteiger partial charge on any atom is 0.131 e. The second-order valence-electron chi connectivity index (χ2n) is 4.17. The zero-order valence-corrected chi connectivity index (χ0v) is 8.98. The third-order valence-corrected chi connectivity index (χ3v) is 2.70. The van der Waals surface area contributed by atoms with E-state index in [9.17, 15) is 5.11 Å². The maximum absolute atomic E-state index is 9.58. The van der Waals surface area contributed by atoms with E-state index in [0.29, 0.717) is 12.4 Å². The standard InChI is InChI=1S/C11H17N3O/c1-8-5-10(12)13-11(6-8)14-4-2-3-9(15)7-14/h5-6,9,15H,2-4,7H2,1H3,(H2,12,13)/t9-/m1/s1. The van der Waals surface area contributed by atoms with Crippen molar-refractivity contribution in [2.24, 2.45) is 0 Å². The molecule has 1 aliphatic rings. The summed E-state index contributed by atoms with van der Waals surface area (Å²) in [6, 6.07) is 3.86. The SMILES string of the molecule is Cc1cc(N)nc(N2CCC[C@@H](O)C2)c1. The number of aryl methyl sites for hydroxylation is 1. The first-order chi connectivity index (χ1) is 7.15. The Morgan fingerprint density at radius 2 is 2.33 bits per heavy atom. The molecule has 3 N–H and O–H groups in total. The number of hydrogen-bond acceptors (Lipinski definition) is 4. The van der Waals surface area contributed by atoms with E-state index in [0.717, 1.165) is 30.8 Å². The minimum absolute atomic E-state index is 0.234. The average Bonchev–Trinajstić information content (AvgIpc) is 2.16. The summed E-state index contributed by atoms with van der Waals surface area (Å²) < 4.78 is 0. The minimum atomic E-state index is -0.234. The predicted molar refractivity (Wildman–Crippen MR) is 60.8 cm³/mol. The lowest BCUT2D eigenvalue weighted by Gasteiger charge is -2.31. The number of β-amino-alcohol motifs (C(OH)–C–C–N with tert-alkyl or cyclic N) is 1. The van der Waals surface area contributed by atoms with Gasteiger partial charge in [0.2, 0.25) is 0 Å². The number of piperidine rings is 1. The summed E-state index contributed by atoms with van der Waals surface area (Å²) in [4.78, 5) is 6.38. The van der Waals surface area contributed by atoms with E-state index in [2.05, 4.69) is 9.88 Å². The Hall–Kier alpha value is -1.29. The number of anilines is 2. The van der Waals surface area contributed by atoms with Gasteiger partial charge in [-0.05, 0) is 37.5 Å². The van der Waals surface area contributed by atoms with Crippen molar-refractivity contribution < 1.29 is 5.11 Å². The van der Waals surface area contributed by atoms with Crippen molar-refractivity contribution in [1.82, 2.24) is 4.98 Å². The summed E-state index contributed by atoms with van der Waals surface area (Å²) in [5.74, 6) is 1.43. The molecule has 82 valence electrons. The van der Waals surface area contributed by atoms with Crippen molar-refractivity contribution in [3.63, 3.8) is 0 Å². The third kappa shape index (κ3) is 2.39. The molecule has 0 amide bonds. The lowest BCUT2D eigenvalue weighted by atomic mass is 10.1. The molecular formula is C11H17N3O. The molecule has 1 aromatic rings. The van der Waals surface area contributed by atoms with Crippen molar-refractivity contribution in [3.05, 3.63) is 17.7 Å². The zero-order valence-electron chi connectivity index (χ0n) is 8.98. The van der Waals surface area contributed by atoms with Crippen LogP contribution in [0, 0.1) is 6.92 Å². The zero-order chi connectivity index (χ0) is 10.8. The van der Waals surface area contributed by atoms with Crippen LogP contribution in [0.4, 0.5) is 11.6 Å². The molecule has 1 aliphatic heterocycles. The van der Waals surface area contributed by atoms with Gasteiger partial charge >= 0.3 is 0 Å². The number of aliphatic hydroxyl groups excluding tert-OH is 1. The summed E-state index contributed by atoms with van der Waals surface area (Å²) >= 11 is 0. The Morgan fingerprint density at radius 1 is 1.53 bits per heavy atom. The number of nitrogen functional groups attached to an aromatic ring is 1. The molecule has 0 aliphatic carbocycles. The molecule has 0 saturated carbocycles. The van der Waals surface area contributed by atoms with E-state index in [1.807, 2.05) is 19.1 Å². The smallest absolute Gasteiger partial charge is 0.131 e. The number of rotatable bonds is 1. The summed E-state index contributed by atoms with van der Waals surface area (Å²) in [6.07, 6.45) is 1.66. The van der Waals surface area contributed by atoms with Crippen LogP contribution in [0.1, 0.15) is 18.4 Å². The van der Waals surface area contributed by atoms with Gasteiger partial charge < -0.3 is 15.7 Å². The molecule has 0 bridgehead atoms. The van der Waals surface area contributed by atoms with E-state index >= 15 is 0 Å². The Morgan fingerprint density at radius 3 is 3.00 bits per heavy atom. The molecule has 1 saturated heterocycles. The first-order valence-corrected chi connectivity index (χ1v) is 5.32. The van der Waals surface area contributed by atoms with E-state index in [1.54, 1.807) is 0 Å². The van der Waals surface area contributed by atoms with Gasteiger partial charge in [0.25, 0.3) is 0 Å². The molecule has 1 fully saturated rings. The Labute approximate surface area is 89.7 Å². The molecule has 2 rings (SSSR count). The number of nitrogens with zero attached hydrogens (tertiary/aromatic N) is 2. The molecule has 2 heterocycles. The summed E-state index contributed by atoms with van der Waals surface area (Å²) in [5.41, 5.74) is 6.81. The number of nitrogens with two attached hydrogens (primary N) is 1. The lowest BCUT2D eigenvalue weighted by Crippen LogP contribution is -2.38. The van der Waals surface area contributed by atoms with Crippen LogP contribution in [0.3, 0.4) is 0 Å². The molecule has 1 aromatic heterocycles. The molecule has 0 radical (unpaired) electrons. The van der Waals surface area contributed by atoms with Crippen LogP contribution in [0.15, 0.2) is 12.1 Å². The number of pyridine rings is 1. The highest BCUT2D eigenvalue weighted by molar-refractivity contribution is 5.48. The van der Waals surface area contributed by atoms with Crippen LogP contribution in [0.5, 0.6) is 0 Å². The molecule has 1 atom stereocenters. The molecule has 0 unspecified atom stereocenters. The maximum atomic E-state index is 9.58. The van der Waals surface area contributed by atoms with Gasteiger partial charge in [0, 0.05) is 13.1 Å². The largest absolute Gasteiger partial charge is 0.391 e. The highest BCUT2D eigenvalue weighted by atomic mass is 16.3. The fourth-order valence-corrected chi connectivity index (χ4v) is 2.00. The van der Waals surface area contributed by atoms with Crippen LogP contribution in [0.2, 0.25) is 0 Å². The average molecular weight is 207 g/mol. The Kier molecular flexibility index (Phi) is 2.77. The van der Waals surface area contributed by atoms with Crippen molar-refractivity contribution in [2.75, 3.05) is 23.7 Å². The molecule has 0 aromatic carbocycles. The van der Waals surface area contributed by atoms with E-state index in [1.165, 1.54) is 0 Å². The molecule has 4 heteroatoms. The van der Waals surface area contributed by atoms with Crippen molar-refractivity contribution in [1.29, 1.82) is 0 Å². The van der Waals surface area contributed by atoms with Crippen molar-refractivity contribution >= 4 is 11.6 Å². The number of hydrogen-bond donors (Lipinski definition) is 2. The fraction of sp³-hybridized carbons (Fsp3) is 0.545. The van der Waals surface area contributed by atoms with Crippen LogP contribution < -0.4 is 10.6 Å². The monoisotopic (exact) mass is 207 g/mol. The molecule has 15 heavy (non-hydrogen) atoms. The lowest BCUT2D eigenvalue weighted by molar-refractivity contribution is 0.154. The van der Waals surface area contributed by atoms with Gasteiger partial charge in [-0.1, -0.05) is 0 Å². The molecule has 0 spiro atoms. The van der Waals surface area contributed by atoms with Crippen molar-refractivity contribution in [3.8, 4) is 0 Å². The quantitative estimate of drug-likeness (QED) is 0.719. The van der Waals surface area contributed by atoms with Gasteiger partial charge in [0.05, 0.1) is 6.10 Å². The summed E-state index contributed by atoms with van der Waals surface area (Å²) in [7, 11) is 0. The summed E-state index contributed by atoms with van der Waals surface area (Å²) in [5, 5.41) is 9.58. The molecule has 4 nitrogen and oxygen atoms in total. The van der Waals surface area contributed by atoms with Gasteiger partial charge in [-0.25, -0.2) is 4.98 Å². The second-order valence-corrected chi connectivity index (χ2v) is 4.17. The van der Waals surface area contributed by atoms with Gasteiger partial charge in [-0.2, -0.15) is 0 Å². The number of aromatic nitrogens is 1. The van der Waals surface area contributed by atoms with Crippen LogP contribution in [0.25, 0.3) is 0 Å². The first-order valence-electron chi connectivity index (χ1n) is 5.32. The highest BCUT2D eigenvalue weighted by Gasteiger charge is 2.18. The van der Waals surface area contributed by atoms with Gasteiger partial charge in [-0.3, -0.25) is 0 Å². The van der Waals surface area contributed by atoms with Crippen LogP contribution in [-0.2, 0) is 0 Å². The normalized spacial score (nSPS) is 21.7. The van der Waals surface area contributed by atoms with Crippen LogP contribution >= 0.6 is 0 Å². The highest BCUT2D eigenvalue weighted by Crippen LogP contribution is 2.20. The second kappa shape index (κ2) is 4.06. The van der Waals surface area contributed by atoms with E-state index in [4.69, 9.17) is 5.73 Å². The Balaban J connectivity index is 2.20. The van der Waals surface area contributed by atoms with Crippen molar-refractivity contribution in [2.45, 2.75) is 25.9 Å². The van der Waals surface area contributed by atoms with Gasteiger partial charge in [0.15, 0.2) is 0 Å². The minimum Gasteiger partial charge on any atom is -0.391 e. The third-order valence-electron chi connectivity index (χ3n) is 2.70. The van der Waals surface area contributed by atoms with Gasteiger partial charge in [-0.15, -0.1) is 0 Å². The van der Waals surface area contributed by atoms with E-state index in [-0.39, 0.29) is 6.10 Å². The molecular weight excluding hydrogens is 190 g/mol. The predicted octanol–water partition coefficient (Wildman–Crippen LogP) is 0.933. The first kappa shape index (κ1) is 10.2. The van der Waals surface area contributed by atoms with E-state index < -0.39 is 0 Å². The van der Waals surface area contributed by atoms with Gasteiger partial charge in [0.1, 0.15) is 11.6 Å². The summed E-state index contributed by atoms with van der Waals surface area (Å²) in [6.45, 7) is 3.62.